The molecule has 0 atom stereocenters. The van der Waals surface area contributed by atoms with E-state index in [9.17, 15) is 10.1 Å². The normalized spacial score (nSPS) is 10.2. The van der Waals surface area contributed by atoms with Crippen LogP contribution in [0.1, 0.15) is 12.5 Å². The van der Waals surface area contributed by atoms with Crippen LogP contribution in [0.5, 0.6) is 5.75 Å². The van der Waals surface area contributed by atoms with Gasteiger partial charge < -0.3 is 10.1 Å². The first-order chi connectivity index (χ1) is 10.1. The maximum atomic E-state index is 11.0. The van der Waals surface area contributed by atoms with Gasteiger partial charge in [-0.05, 0) is 31.2 Å². The molecule has 2 aromatic rings. The number of ether oxygens (including phenoxy) is 1. The number of rotatable bonds is 6. The van der Waals surface area contributed by atoms with Crippen molar-refractivity contribution in [3.05, 3.63) is 62.6 Å². The van der Waals surface area contributed by atoms with E-state index in [0.717, 1.165) is 15.9 Å². The van der Waals surface area contributed by atoms with Crippen LogP contribution >= 0.6 is 15.9 Å². The van der Waals surface area contributed by atoms with Crippen LogP contribution in [0.4, 0.5) is 11.4 Å². The molecule has 0 fully saturated rings. The van der Waals surface area contributed by atoms with Gasteiger partial charge in [-0.25, -0.2) is 0 Å². The van der Waals surface area contributed by atoms with Gasteiger partial charge in [-0.1, -0.05) is 22.0 Å². The van der Waals surface area contributed by atoms with Crippen LogP contribution in [-0.2, 0) is 6.54 Å². The van der Waals surface area contributed by atoms with E-state index in [4.69, 9.17) is 4.74 Å². The second-order valence-corrected chi connectivity index (χ2v) is 5.26. The molecule has 110 valence electrons. The molecule has 0 aliphatic heterocycles. The molecule has 0 amide bonds. The third-order valence-corrected chi connectivity index (χ3v) is 3.36. The lowest BCUT2D eigenvalue weighted by molar-refractivity contribution is -0.385. The van der Waals surface area contributed by atoms with Gasteiger partial charge in [0.2, 0.25) is 0 Å². The number of hydrogen-bond acceptors (Lipinski definition) is 4. The zero-order valence-electron chi connectivity index (χ0n) is 11.5. The summed E-state index contributed by atoms with van der Waals surface area (Å²) in [5.41, 5.74) is 1.58. The van der Waals surface area contributed by atoms with E-state index in [1.54, 1.807) is 12.1 Å². The molecule has 0 saturated carbocycles. The Kier molecular flexibility index (Phi) is 5.16. The topological polar surface area (TPSA) is 64.4 Å². The van der Waals surface area contributed by atoms with Gasteiger partial charge in [0.05, 0.1) is 11.5 Å². The first-order valence-corrected chi connectivity index (χ1v) is 7.29. The van der Waals surface area contributed by atoms with Crippen LogP contribution in [0.2, 0.25) is 0 Å². The molecule has 2 rings (SSSR count). The Hall–Kier alpha value is -2.08. The van der Waals surface area contributed by atoms with Crippen LogP contribution in [0.25, 0.3) is 0 Å². The Bertz CT molecular complexity index is 647. The number of nitrogens with zero attached hydrogens (tertiary/aromatic N) is 1. The van der Waals surface area contributed by atoms with Crippen molar-refractivity contribution in [1.82, 2.24) is 0 Å². The molecule has 0 aliphatic carbocycles. The molecule has 0 spiro atoms. The Morgan fingerprint density at radius 2 is 2.10 bits per heavy atom. The van der Waals surface area contributed by atoms with Crippen molar-refractivity contribution in [1.29, 1.82) is 0 Å². The third-order valence-electron chi connectivity index (χ3n) is 2.87. The van der Waals surface area contributed by atoms with E-state index in [1.165, 1.54) is 6.07 Å². The second kappa shape index (κ2) is 7.08. The highest BCUT2D eigenvalue weighted by Crippen LogP contribution is 2.25. The lowest BCUT2D eigenvalue weighted by atomic mass is 10.1. The summed E-state index contributed by atoms with van der Waals surface area (Å²) in [6.45, 7) is 2.89. The van der Waals surface area contributed by atoms with Gasteiger partial charge in [-0.2, -0.15) is 0 Å². The summed E-state index contributed by atoms with van der Waals surface area (Å²) in [7, 11) is 0. The van der Waals surface area contributed by atoms with Gasteiger partial charge in [0, 0.05) is 34.4 Å². The lowest BCUT2D eigenvalue weighted by Gasteiger charge is -2.09. The third kappa shape index (κ3) is 4.19. The van der Waals surface area contributed by atoms with Crippen LogP contribution < -0.4 is 10.1 Å². The predicted molar refractivity (Wildman–Crippen MR) is 85.7 cm³/mol. The van der Waals surface area contributed by atoms with Crippen LogP contribution in [0.3, 0.4) is 0 Å². The van der Waals surface area contributed by atoms with Crippen molar-refractivity contribution in [2.45, 2.75) is 13.5 Å². The first-order valence-electron chi connectivity index (χ1n) is 6.49. The average molecular weight is 351 g/mol. The predicted octanol–water partition coefficient (Wildman–Crippen LogP) is 4.37. The summed E-state index contributed by atoms with van der Waals surface area (Å²) in [6, 6.07) is 12.4. The monoisotopic (exact) mass is 350 g/mol. The molecule has 21 heavy (non-hydrogen) atoms. The number of benzene rings is 2. The standard InChI is InChI=1S/C15H15BrN2O3/c1-2-21-14-5-3-4-13(9-14)17-10-11-8-12(16)6-7-15(11)18(19)20/h3-9,17H,2,10H2,1H3. The minimum absolute atomic E-state index is 0.103. The fourth-order valence-electron chi connectivity index (χ4n) is 1.93. The highest BCUT2D eigenvalue weighted by atomic mass is 79.9. The number of nitrogens with one attached hydrogen (secondary N) is 1. The molecular weight excluding hydrogens is 336 g/mol. The summed E-state index contributed by atoms with van der Waals surface area (Å²) < 4.78 is 6.24. The maximum absolute atomic E-state index is 11.0. The number of anilines is 1. The van der Waals surface area contributed by atoms with Crippen molar-refractivity contribution >= 4 is 27.3 Å². The van der Waals surface area contributed by atoms with Crippen molar-refractivity contribution < 1.29 is 9.66 Å². The summed E-state index contributed by atoms with van der Waals surface area (Å²) in [6.07, 6.45) is 0. The van der Waals surface area contributed by atoms with E-state index in [1.807, 2.05) is 31.2 Å². The minimum Gasteiger partial charge on any atom is -0.494 e. The Morgan fingerprint density at radius 3 is 2.81 bits per heavy atom. The molecule has 5 nitrogen and oxygen atoms in total. The highest BCUT2D eigenvalue weighted by molar-refractivity contribution is 9.10. The average Bonchev–Trinajstić information content (AvgIpc) is 2.45. The summed E-state index contributed by atoms with van der Waals surface area (Å²) in [4.78, 5) is 10.7. The van der Waals surface area contributed by atoms with Crippen molar-refractivity contribution in [2.75, 3.05) is 11.9 Å². The fourth-order valence-corrected chi connectivity index (χ4v) is 2.34. The minimum atomic E-state index is -0.375. The molecule has 0 unspecified atom stereocenters. The largest absolute Gasteiger partial charge is 0.494 e. The summed E-state index contributed by atoms with van der Waals surface area (Å²) in [5.74, 6) is 0.770. The van der Waals surface area contributed by atoms with E-state index in [2.05, 4.69) is 21.2 Å². The van der Waals surface area contributed by atoms with Gasteiger partial charge >= 0.3 is 0 Å². The number of nitro benzene ring substituents is 1. The first kappa shape index (κ1) is 15.3. The maximum Gasteiger partial charge on any atom is 0.274 e. The molecule has 0 aliphatic rings. The molecule has 0 radical (unpaired) electrons. The number of halogens is 1. The SMILES string of the molecule is CCOc1cccc(NCc2cc(Br)ccc2[N+](=O)[O-])c1. The van der Waals surface area contributed by atoms with E-state index in [0.29, 0.717) is 18.7 Å². The molecule has 0 aromatic heterocycles. The Labute approximate surface area is 131 Å². The molecular formula is C15H15BrN2O3. The highest BCUT2D eigenvalue weighted by Gasteiger charge is 2.13. The number of nitro groups is 1. The van der Waals surface area contributed by atoms with Gasteiger partial charge in [-0.3, -0.25) is 10.1 Å². The molecule has 0 heterocycles. The summed E-state index contributed by atoms with van der Waals surface area (Å²) in [5, 5.41) is 14.2. The molecule has 0 bridgehead atoms. The quantitative estimate of drug-likeness (QED) is 0.620. The molecule has 0 saturated heterocycles. The van der Waals surface area contributed by atoms with Crippen molar-refractivity contribution in [3.63, 3.8) is 0 Å². The molecule has 6 heteroatoms. The Morgan fingerprint density at radius 1 is 1.29 bits per heavy atom. The van der Waals surface area contributed by atoms with Gasteiger partial charge in [0.1, 0.15) is 5.75 Å². The molecule has 1 N–H and O–H groups in total. The fraction of sp³-hybridized carbons (Fsp3) is 0.200. The van der Waals surface area contributed by atoms with Crippen molar-refractivity contribution in [3.8, 4) is 5.75 Å². The smallest absolute Gasteiger partial charge is 0.274 e. The Balaban J connectivity index is 2.14. The zero-order valence-corrected chi connectivity index (χ0v) is 13.1. The molecule has 2 aromatic carbocycles. The zero-order chi connectivity index (χ0) is 15.2. The summed E-state index contributed by atoms with van der Waals surface area (Å²) >= 11 is 3.33. The van der Waals surface area contributed by atoms with Gasteiger partial charge in [0.15, 0.2) is 0 Å². The van der Waals surface area contributed by atoms with Crippen LogP contribution in [0, 0.1) is 10.1 Å². The second-order valence-electron chi connectivity index (χ2n) is 4.34. The number of hydrogen-bond donors (Lipinski definition) is 1. The van der Waals surface area contributed by atoms with Crippen LogP contribution in [-0.4, -0.2) is 11.5 Å². The van der Waals surface area contributed by atoms with E-state index in [-0.39, 0.29) is 10.6 Å². The lowest BCUT2D eigenvalue weighted by Crippen LogP contribution is -2.03. The van der Waals surface area contributed by atoms with E-state index < -0.39 is 0 Å². The van der Waals surface area contributed by atoms with Gasteiger partial charge in [0.25, 0.3) is 5.69 Å². The van der Waals surface area contributed by atoms with E-state index >= 15 is 0 Å². The van der Waals surface area contributed by atoms with Gasteiger partial charge in [-0.15, -0.1) is 0 Å². The van der Waals surface area contributed by atoms with Crippen molar-refractivity contribution in [2.24, 2.45) is 0 Å². The van der Waals surface area contributed by atoms with Crippen LogP contribution in [0.15, 0.2) is 46.9 Å².